The van der Waals surface area contributed by atoms with Gasteiger partial charge in [-0.3, -0.25) is 4.79 Å². The number of phenols is 3. The molecule has 0 radical (unpaired) electrons. The fourth-order valence-electron chi connectivity index (χ4n) is 4.55. The van der Waals surface area contributed by atoms with Crippen LogP contribution in [0.1, 0.15) is 16.7 Å². The van der Waals surface area contributed by atoms with Gasteiger partial charge in [-0.2, -0.15) is 15.3 Å². The Balaban J connectivity index is 0.00000562. The second-order valence-corrected chi connectivity index (χ2v) is 10.8. The summed E-state index contributed by atoms with van der Waals surface area (Å²) in [5.74, 6) is -4.02. The Labute approximate surface area is 307 Å². The van der Waals surface area contributed by atoms with Crippen molar-refractivity contribution in [1.82, 2.24) is 0 Å². The van der Waals surface area contributed by atoms with E-state index < -0.39 is 11.9 Å². The Kier molecular flexibility index (Phi) is 11.8. The maximum atomic E-state index is 12.1. The maximum Gasteiger partial charge on any atom is 1.00 e. The van der Waals surface area contributed by atoms with Crippen LogP contribution in [0.3, 0.4) is 0 Å². The summed E-state index contributed by atoms with van der Waals surface area (Å²) in [5, 5.41) is 77.3. The third kappa shape index (κ3) is 8.93. The number of hydrogen-bond acceptors (Lipinski definition) is 12. The molecule has 50 heavy (non-hydrogen) atoms. The molecule has 0 aliphatic heterocycles. The Bertz CT molecular complexity index is 2200. The van der Waals surface area contributed by atoms with Crippen LogP contribution in [0.4, 0.5) is 39.8 Å². The zero-order chi connectivity index (χ0) is 35.2. The van der Waals surface area contributed by atoms with E-state index in [4.69, 9.17) is 5.11 Å². The molecule has 0 aliphatic carbocycles. The molecule has 0 bridgehead atoms. The van der Waals surface area contributed by atoms with Crippen LogP contribution in [0.25, 0.3) is 11.1 Å². The summed E-state index contributed by atoms with van der Waals surface area (Å²) in [4.78, 5) is 23.3. The monoisotopic (exact) mass is 681 g/mol. The van der Waals surface area contributed by atoms with E-state index in [1.54, 1.807) is 25.1 Å². The van der Waals surface area contributed by atoms with E-state index in [2.05, 4.69) is 36.0 Å². The van der Waals surface area contributed by atoms with Gasteiger partial charge in [-0.15, -0.1) is 21.1 Å². The van der Waals surface area contributed by atoms with Gasteiger partial charge in [0.25, 0.3) is 0 Å². The molecule has 0 spiro atoms. The zero-order valence-corrected chi connectivity index (χ0v) is 29.3. The van der Waals surface area contributed by atoms with Crippen molar-refractivity contribution < 1.29 is 64.7 Å². The minimum Gasteiger partial charge on any atom is -0.872 e. The predicted octanol–water partition coefficient (Wildman–Crippen LogP) is 5.74. The summed E-state index contributed by atoms with van der Waals surface area (Å²) in [5.41, 5.74) is 5.79. The van der Waals surface area contributed by atoms with Crippen LogP contribution in [-0.4, -0.2) is 32.3 Å². The fraction of sp³-hybridized carbons (Fsp3) is 0.0857. The molecule has 0 fully saturated rings. The third-order valence-corrected chi connectivity index (χ3v) is 7.19. The maximum absolute atomic E-state index is 12.1. The van der Waals surface area contributed by atoms with E-state index >= 15 is 0 Å². The Hall–Kier alpha value is -5.96. The average molecular weight is 682 g/mol. The van der Waals surface area contributed by atoms with Crippen LogP contribution in [0.2, 0.25) is 0 Å². The van der Waals surface area contributed by atoms with Gasteiger partial charge in [0, 0.05) is 6.07 Å². The number of phenolic OH excluding ortho intramolecular Hbond substituents is 3. The molecule has 0 unspecified atom stereocenters. The Morgan fingerprint density at radius 1 is 0.560 bits per heavy atom. The SMILES string of the molecule is Cc1cc(-c2ccc(N=Nc3cc(C)c(N=Nc4ccc(O)cc4O)cc3NC(=O)C(=O)O)c(C)c2)ccc1N=Nc1ccc([O-])cc1O.[Na+]. The van der Waals surface area contributed by atoms with E-state index in [1.165, 1.54) is 30.3 Å². The predicted molar refractivity (Wildman–Crippen MR) is 179 cm³/mol. The van der Waals surface area contributed by atoms with Crippen molar-refractivity contribution in [2.24, 2.45) is 30.7 Å². The molecule has 0 saturated carbocycles. The number of anilines is 1. The second kappa shape index (κ2) is 16.0. The molecule has 246 valence electrons. The van der Waals surface area contributed by atoms with Gasteiger partial charge in [-0.1, -0.05) is 18.2 Å². The van der Waals surface area contributed by atoms with Crippen LogP contribution in [0.5, 0.6) is 23.0 Å². The molecule has 0 saturated heterocycles. The van der Waals surface area contributed by atoms with Crippen molar-refractivity contribution in [1.29, 1.82) is 0 Å². The molecule has 5 aromatic carbocycles. The number of carbonyl (C=O) groups is 2. The summed E-state index contributed by atoms with van der Waals surface area (Å²) < 4.78 is 0. The minimum atomic E-state index is -1.70. The van der Waals surface area contributed by atoms with Gasteiger partial charge >= 0.3 is 41.4 Å². The van der Waals surface area contributed by atoms with Crippen LogP contribution in [0, 0.1) is 20.8 Å². The van der Waals surface area contributed by atoms with Crippen LogP contribution in [-0.2, 0) is 9.59 Å². The van der Waals surface area contributed by atoms with E-state index in [0.29, 0.717) is 16.9 Å². The number of amides is 1. The molecule has 0 atom stereocenters. The number of carbonyl (C=O) groups excluding carboxylic acids is 1. The smallest absolute Gasteiger partial charge is 0.872 e. The normalized spacial score (nSPS) is 11.3. The molecular formula is C35H28N7NaO7. The van der Waals surface area contributed by atoms with E-state index in [-0.39, 0.29) is 81.0 Å². The standard InChI is InChI=1S/C35H29N7O7.Na/c1-18-12-21(4-8-25(18)37-39-27-10-6-23(43)15-32(27)45)22-5-9-26(19(2)13-22)38-42-31-14-20(3)29(17-30(31)36-34(47)35(48)49)41-40-28-11-7-24(44)16-33(28)46;/h4-17,43-46H,1-3H3,(H,36,47)(H,48,49);/q;+1/p-1. The molecule has 15 heteroatoms. The van der Waals surface area contributed by atoms with Crippen molar-refractivity contribution in [2.45, 2.75) is 20.8 Å². The van der Waals surface area contributed by atoms with E-state index in [9.17, 15) is 30.0 Å². The van der Waals surface area contributed by atoms with E-state index in [0.717, 1.165) is 34.4 Å². The zero-order valence-electron chi connectivity index (χ0n) is 27.3. The third-order valence-electron chi connectivity index (χ3n) is 7.19. The van der Waals surface area contributed by atoms with Crippen LogP contribution < -0.4 is 40.0 Å². The van der Waals surface area contributed by atoms with Gasteiger partial charge in [0.05, 0.1) is 22.7 Å². The van der Waals surface area contributed by atoms with Crippen molar-refractivity contribution in [3.8, 4) is 34.1 Å². The molecule has 1 amide bonds. The Morgan fingerprint density at radius 2 is 1.02 bits per heavy atom. The second-order valence-electron chi connectivity index (χ2n) is 10.8. The van der Waals surface area contributed by atoms with Crippen LogP contribution in [0.15, 0.2) is 116 Å². The number of nitrogens with one attached hydrogen (secondary N) is 1. The first-order valence-corrected chi connectivity index (χ1v) is 14.6. The molecule has 14 nitrogen and oxygen atoms in total. The first kappa shape index (κ1) is 36.9. The molecular weight excluding hydrogens is 653 g/mol. The van der Waals surface area contributed by atoms with Gasteiger partial charge in [0.1, 0.15) is 34.3 Å². The van der Waals surface area contributed by atoms with Gasteiger partial charge in [-0.25, -0.2) is 4.79 Å². The summed E-state index contributed by atoms with van der Waals surface area (Å²) in [7, 11) is 0. The number of rotatable bonds is 8. The van der Waals surface area contributed by atoms with Crippen molar-refractivity contribution in [2.75, 3.05) is 5.32 Å². The van der Waals surface area contributed by atoms with Crippen molar-refractivity contribution in [3.05, 3.63) is 102 Å². The number of benzene rings is 5. The van der Waals surface area contributed by atoms with Gasteiger partial charge < -0.3 is 30.8 Å². The average Bonchev–Trinajstić information content (AvgIpc) is 3.05. The molecule has 0 heterocycles. The minimum absolute atomic E-state index is 0. The molecule has 0 aliphatic rings. The first-order chi connectivity index (χ1) is 23.4. The van der Waals surface area contributed by atoms with Gasteiger partial charge in [0.2, 0.25) is 0 Å². The summed E-state index contributed by atoms with van der Waals surface area (Å²) in [6, 6.07) is 21.7. The summed E-state index contributed by atoms with van der Waals surface area (Å²) >= 11 is 0. The summed E-state index contributed by atoms with van der Waals surface area (Å²) in [6.07, 6.45) is 0. The molecule has 0 aromatic heterocycles. The number of carboxylic acid groups (broad SMARTS) is 1. The fourth-order valence-corrected chi connectivity index (χ4v) is 4.55. The van der Waals surface area contributed by atoms with Gasteiger partial charge in [-0.05, 0) is 109 Å². The van der Waals surface area contributed by atoms with Crippen molar-refractivity contribution in [3.63, 3.8) is 0 Å². The number of hydrogen-bond donors (Lipinski definition) is 5. The number of aromatic hydroxyl groups is 3. The number of azo groups is 3. The van der Waals surface area contributed by atoms with Crippen LogP contribution >= 0.6 is 0 Å². The number of aliphatic carboxylic acids is 1. The number of nitrogens with zero attached hydrogens (tertiary/aromatic N) is 6. The van der Waals surface area contributed by atoms with Crippen molar-refractivity contribution >= 4 is 51.7 Å². The topological polar surface area (TPSA) is 224 Å². The Morgan fingerprint density at radius 3 is 1.54 bits per heavy atom. The number of aryl methyl sites for hydroxylation is 3. The quantitative estimate of drug-likeness (QED) is 0.0774. The molecule has 5 aromatic rings. The largest absolute Gasteiger partial charge is 1.00 e. The molecule has 5 rings (SSSR count). The number of carboxylic acids is 1. The van der Waals surface area contributed by atoms with Gasteiger partial charge in [0.15, 0.2) is 0 Å². The molecule has 5 N–H and O–H groups in total. The first-order valence-electron chi connectivity index (χ1n) is 14.6. The summed E-state index contributed by atoms with van der Waals surface area (Å²) in [6.45, 7) is 5.44. The van der Waals surface area contributed by atoms with E-state index in [1.807, 2.05) is 38.1 Å².